The lowest BCUT2D eigenvalue weighted by Gasteiger charge is -2.33. The third kappa shape index (κ3) is 5.16. The quantitative estimate of drug-likeness (QED) is 0.723. The number of aromatic nitrogens is 2. The summed E-state index contributed by atoms with van der Waals surface area (Å²) in [4.78, 5) is 14.4. The fourth-order valence-electron chi connectivity index (χ4n) is 3.05. The van der Waals surface area contributed by atoms with Gasteiger partial charge in [0.1, 0.15) is 0 Å². The Morgan fingerprint density at radius 3 is 3.10 bits per heavy atom. The molecule has 118 valence electrons. The van der Waals surface area contributed by atoms with Gasteiger partial charge in [0.2, 0.25) is 5.91 Å². The zero-order valence-corrected chi connectivity index (χ0v) is 13.3. The van der Waals surface area contributed by atoms with E-state index in [0.29, 0.717) is 12.3 Å². The van der Waals surface area contributed by atoms with Crippen LogP contribution in [0.5, 0.6) is 0 Å². The Bertz CT molecular complexity index is 444. The summed E-state index contributed by atoms with van der Waals surface area (Å²) >= 11 is 0. The standard InChI is InChI=1S/C16H27N3O2/c1-18-12-15(11-17-18)7-8-16(20)19-9-3-5-14(13-19)6-4-10-21-2/h11-12,14H,3-10,13H2,1-2H3/t14-/m1/s1. The van der Waals surface area contributed by atoms with Crippen LogP contribution in [0.4, 0.5) is 0 Å². The van der Waals surface area contributed by atoms with E-state index < -0.39 is 0 Å². The molecule has 0 aromatic carbocycles. The van der Waals surface area contributed by atoms with Gasteiger partial charge in [0.15, 0.2) is 0 Å². The molecule has 1 aliphatic rings. The number of nitrogens with zero attached hydrogens (tertiary/aromatic N) is 3. The molecule has 1 amide bonds. The summed E-state index contributed by atoms with van der Waals surface area (Å²) in [5.74, 6) is 0.937. The van der Waals surface area contributed by atoms with Crippen molar-refractivity contribution >= 4 is 5.91 Å². The molecule has 21 heavy (non-hydrogen) atoms. The fraction of sp³-hybridized carbons (Fsp3) is 0.750. The Balaban J connectivity index is 1.73. The molecule has 1 aromatic rings. The number of amides is 1. The Morgan fingerprint density at radius 2 is 2.38 bits per heavy atom. The second-order valence-corrected chi connectivity index (χ2v) is 6.01. The Hall–Kier alpha value is -1.36. The summed E-state index contributed by atoms with van der Waals surface area (Å²) in [5, 5.41) is 4.14. The second-order valence-electron chi connectivity index (χ2n) is 6.01. The van der Waals surface area contributed by atoms with Gasteiger partial charge in [-0.3, -0.25) is 9.48 Å². The van der Waals surface area contributed by atoms with Crippen molar-refractivity contribution in [1.82, 2.24) is 14.7 Å². The third-order valence-corrected chi connectivity index (χ3v) is 4.22. The Labute approximate surface area is 127 Å². The maximum absolute atomic E-state index is 12.3. The summed E-state index contributed by atoms with van der Waals surface area (Å²) in [6, 6.07) is 0. The van der Waals surface area contributed by atoms with Gasteiger partial charge in [-0.1, -0.05) is 0 Å². The number of likely N-dealkylation sites (tertiary alicyclic amines) is 1. The summed E-state index contributed by atoms with van der Waals surface area (Å²) in [6.45, 7) is 2.67. The molecule has 1 atom stereocenters. The fourth-order valence-corrected chi connectivity index (χ4v) is 3.05. The number of hydrogen-bond donors (Lipinski definition) is 0. The number of carbonyl (C=O) groups is 1. The molecule has 5 heteroatoms. The number of hydrogen-bond acceptors (Lipinski definition) is 3. The van der Waals surface area contributed by atoms with E-state index in [2.05, 4.69) is 10.00 Å². The predicted molar refractivity (Wildman–Crippen MR) is 81.9 cm³/mol. The zero-order valence-electron chi connectivity index (χ0n) is 13.3. The van der Waals surface area contributed by atoms with Crippen LogP contribution < -0.4 is 0 Å². The van der Waals surface area contributed by atoms with Crippen LogP contribution in [0.3, 0.4) is 0 Å². The van der Waals surface area contributed by atoms with Crippen molar-refractivity contribution in [3.63, 3.8) is 0 Å². The van der Waals surface area contributed by atoms with E-state index in [1.807, 2.05) is 19.4 Å². The van der Waals surface area contributed by atoms with Crippen LogP contribution in [0.15, 0.2) is 12.4 Å². The molecule has 1 aromatic heterocycles. The molecule has 1 aliphatic heterocycles. The lowest BCUT2D eigenvalue weighted by atomic mass is 9.93. The molecule has 0 aliphatic carbocycles. The molecule has 0 radical (unpaired) electrons. The van der Waals surface area contributed by atoms with Crippen molar-refractivity contribution in [3.05, 3.63) is 18.0 Å². The number of aryl methyl sites for hydroxylation is 2. The minimum atomic E-state index is 0.287. The number of ether oxygens (including phenoxy) is 1. The smallest absolute Gasteiger partial charge is 0.222 e. The average Bonchev–Trinajstić information content (AvgIpc) is 2.91. The molecule has 1 fully saturated rings. The number of rotatable bonds is 7. The summed E-state index contributed by atoms with van der Waals surface area (Å²) in [7, 11) is 3.65. The summed E-state index contributed by atoms with van der Waals surface area (Å²) < 4.78 is 6.89. The maximum Gasteiger partial charge on any atom is 0.222 e. The van der Waals surface area contributed by atoms with E-state index >= 15 is 0 Å². The number of methoxy groups -OCH3 is 1. The SMILES string of the molecule is COCCC[C@H]1CCCN(C(=O)CCc2cnn(C)c2)C1. The van der Waals surface area contributed by atoms with E-state index in [9.17, 15) is 4.79 Å². The van der Waals surface area contributed by atoms with Crippen LogP contribution in [0.1, 0.15) is 37.7 Å². The van der Waals surface area contributed by atoms with Gasteiger partial charge in [0, 0.05) is 46.5 Å². The van der Waals surface area contributed by atoms with Crippen molar-refractivity contribution in [2.24, 2.45) is 13.0 Å². The average molecular weight is 293 g/mol. The number of piperidine rings is 1. The van der Waals surface area contributed by atoms with Crippen LogP contribution >= 0.6 is 0 Å². The molecule has 2 heterocycles. The molecule has 0 spiro atoms. The first-order valence-electron chi connectivity index (χ1n) is 7.93. The minimum absolute atomic E-state index is 0.287. The highest BCUT2D eigenvalue weighted by molar-refractivity contribution is 5.76. The predicted octanol–water partition coefficient (Wildman–Crippen LogP) is 2.02. The second kappa shape index (κ2) is 8.17. The molecule has 1 saturated heterocycles. The van der Waals surface area contributed by atoms with Gasteiger partial charge in [-0.25, -0.2) is 0 Å². The minimum Gasteiger partial charge on any atom is -0.385 e. The van der Waals surface area contributed by atoms with Crippen LogP contribution in [0.25, 0.3) is 0 Å². The molecule has 5 nitrogen and oxygen atoms in total. The van der Waals surface area contributed by atoms with Gasteiger partial charge in [-0.05, 0) is 43.6 Å². The summed E-state index contributed by atoms with van der Waals surface area (Å²) in [5.41, 5.74) is 1.14. The zero-order chi connectivity index (χ0) is 15.1. The largest absolute Gasteiger partial charge is 0.385 e. The normalized spacial score (nSPS) is 19.0. The first-order valence-corrected chi connectivity index (χ1v) is 7.93. The van der Waals surface area contributed by atoms with Gasteiger partial charge in [-0.2, -0.15) is 5.10 Å². The molecular weight excluding hydrogens is 266 g/mol. The van der Waals surface area contributed by atoms with E-state index in [4.69, 9.17) is 4.74 Å². The van der Waals surface area contributed by atoms with Crippen LogP contribution in [0, 0.1) is 5.92 Å². The first-order chi connectivity index (χ1) is 10.2. The lowest BCUT2D eigenvalue weighted by Crippen LogP contribution is -2.40. The molecule has 0 unspecified atom stereocenters. The van der Waals surface area contributed by atoms with E-state index in [-0.39, 0.29) is 5.91 Å². The van der Waals surface area contributed by atoms with Gasteiger partial charge >= 0.3 is 0 Å². The topological polar surface area (TPSA) is 47.4 Å². The number of carbonyl (C=O) groups excluding carboxylic acids is 1. The van der Waals surface area contributed by atoms with Gasteiger partial charge < -0.3 is 9.64 Å². The molecule has 0 saturated carbocycles. The molecule has 0 N–H and O–H groups in total. The lowest BCUT2D eigenvalue weighted by molar-refractivity contribution is -0.133. The van der Waals surface area contributed by atoms with E-state index in [1.165, 1.54) is 12.8 Å². The van der Waals surface area contributed by atoms with Crippen molar-refractivity contribution in [2.75, 3.05) is 26.8 Å². The highest BCUT2D eigenvalue weighted by Crippen LogP contribution is 2.21. The maximum atomic E-state index is 12.3. The molecule has 2 rings (SSSR count). The van der Waals surface area contributed by atoms with Crippen molar-refractivity contribution < 1.29 is 9.53 Å². The first kappa shape index (κ1) is 16.0. The van der Waals surface area contributed by atoms with Crippen molar-refractivity contribution in [1.29, 1.82) is 0 Å². The van der Waals surface area contributed by atoms with Gasteiger partial charge in [-0.15, -0.1) is 0 Å². The van der Waals surface area contributed by atoms with Crippen molar-refractivity contribution in [2.45, 2.75) is 38.5 Å². The van der Waals surface area contributed by atoms with E-state index in [0.717, 1.165) is 44.5 Å². The van der Waals surface area contributed by atoms with E-state index in [1.54, 1.807) is 11.8 Å². The van der Waals surface area contributed by atoms with Crippen molar-refractivity contribution in [3.8, 4) is 0 Å². The van der Waals surface area contributed by atoms with Crippen LogP contribution in [0.2, 0.25) is 0 Å². The summed E-state index contributed by atoms with van der Waals surface area (Å²) in [6.07, 6.45) is 9.85. The van der Waals surface area contributed by atoms with Gasteiger partial charge in [0.25, 0.3) is 0 Å². The molecule has 0 bridgehead atoms. The third-order valence-electron chi connectivity index (χ3n) is 4.22. The highest BCUT2D eigenvalue weighted by Gasteiger charge is 2.23. The monoisotopic (exact) mass is 293 g/mol. The highest BCUT2D eigenvalue weighted by atomic mass is 16.5. The Kier molecular flexibility index (Phi) is 6.23. The van der Waals surface area contributed by atoms with Crippen LogP contribution in [-0.4, -0.2) is 47.4 Å². The Morgan fingerprint density at radius 1 is 1.52 bits per heavy atom. The van der Waals surface area contributed by atoms with Gasteiger partial charge in [0.05, 0.1) is 6.20 Å². The van der Waals surface area contributed by atoms with Crippen LogP contribution in [-0.2, 0) is 23.0 Å². The molecular formula is C16H27N3O2.